The number of aliphatic hydroxyl groups excluding tert-OH is 1. The molecule has 0 heterocycles. The number of methoxy groups -OCH3 is 1. The highest BCUT2D eigenvalue weighted by atomic mass is 16.5. The lowest BCUT2D eigenvalue weighted by Crippen LogP contribution is -2.30. The molecule has 0 aromatic heterocycles. The van der Waals surface area contributed by atoms with Gasteiger partial charge in [0.1, 0.15) is 0 Å². The molecule has 0 fully saturated rings. The van der Waals surface area contributed by atoms with Crippen molar-refractivity contribution in [2.45, 2.75) is 20.4 Å². The minimum absolute atomic E-state index is 0.189. The van der Waals surface area contributed by atoms with Crippen molar-refractivity contribution >= 4 is 0 Å². The van der Waals surface area contributed by atoms with Gasteiger partial charge in [-0.3, -0.25) is 4.90 Å². The second kappa shape index (κ2) is 7.43. The van der Waals surface area contributed by atoms with Gasteiger partial charge in [0.2, 0.25) is 0 Å². The summed E-state index contributed by atoms with van der Waals surface area (Å²) in [5, 5.41) is 9.06. The van der Waals surface area contributed by atoms with Crippen molar-refractivity contribution in [2.75, 3.05) is 33.4 Å². The molecule has 1 N–H and O–H groups in total. The van der Waals surface area contributed by atoms with E-state index in [1.807, 2.05) is 0 Å². The van der Waals surface area contributed by atoms with Gasteiger partial charge < -0.3 is 9.84 Å². The summed E-state index contributed by atoms with van der Waals surface area (Å²) in [5.74, 6) is 0. The highest BCUT2D eigenvalue weighted by molar-refractivity contribution is 5.32. The first-order valence-corrected chi connectivity index (χ1v) is 6.06. The lowest BCUT2D eigenvalue weighted by Gasteiger charge is -2.22. The molecule has 1 aromatic carbocycles. The second-order valence-electron chi connectivity index (χ2n) is 4.35. The summed E-state index contributed by atoms with van der Waals surface area (Å²) in [7, 11) is 1.70. The van der Waals surface area contributed by atoms with E-state index >= 15 is 0 Å². The van der Waals surface area contributed by atoms with E-state index in [0.29, 0.717) is 13.2 Å². The summed E-state index contributed by atoms with van der Waals surface area (Å²) >= 11 is 0. The summed E-state index contributed by atoms with van der Waals surface area (Å²) in [6.07, 6.45) is 0. The maximum absolute atomic E-state index is 9.06. The SMILES string of the molecule is COCCN(CCO)Cc1cccc(C)c1C. The first-order valence-electron chi connectivity index (χ1n) is 6.06. The molecule has 1 rings (SSSR count). The van der Waals surface area contributed by atoms with Crippen LogP contribution in [0.15, 0.2) is 18.2 Å². The van der Waals surface area contributed by atoms with Gasteiger partial charge in [-0.1, -0.05) is 18.2 Å². The minimum Gasteiger partial charge on any atom is -0.395 e. The van der Waals surface area contributed by atoms with Crippen LogP contribution in [0, 0.1) is 13.8 Å². The van der Waals surface area contributed by atoms with Crippen LogP contribution in [0.25, 0.3) is 0 Å². The Balaban J connectivity index is 2.67. The Bertz CT molecular complexity index is 339. The lowest BCUT2D eigenvalue weighted by atomic mass is 10.0. The third-order valence-electron chi connectivity index (χ3n) is 3.14. The maximum Gasteiger partial charge on any atom is 0.0589 e. The van der Waals surface area contributed by atoms with E-state index in [0.717, 1.165) is 13.1 Å². The molecule has 0 saturated heterocycles. The molecule has 3 nitrogen and oxygen atoms in total. The fourth-order valence-corrected chi connectivity index (χ4v) is 1.86. The zero-order chi connectivity index (χ0) is 12.7. The zero-order valence-corrected chi connectivity index (χ0v) is 11.1. The van der Waals surface area contributed by atoms with Crippen molar-refractivity contribution < 1.29 is 9.84 Å². The molecule has 17 heavy (non-hydrogen) atoms. The molecule has 0 bridgehead atoms. The van der Waals surface area contributed by atoms with Crippen LogP contribution < -0.4 is 0 Å². The van der Waals surface area contributed by atoms with Gasteiger partial charge in [-0.05, 0) is 30.5 Å². The molecule has 96 valence electrons. The molecule has 0 amide bonds. The number of rotatable bonds is 7. The Morgan fingerprint density at radius 3 is 2.65 bits per heavy atom. The van der Waals surface area contributed by atoms with E-state index in [2.05, 4.69) is 36.9 Å². The average Bonchev–Trinajstić information content (AvgIpc) is 2.32. The first-order chi connectivity index (χ1) is 8.19. The van der Waals surface area contributed by atoms with Gasteiger partial charge in [-0.15, -0.1) is 0 Å². The van der Waals surface area contributed by atoms with Crippen LogP contribution in [0.3, 0.4) is 0 Å². The topological polar surface area (TPSA) is 32.7 Å². The second-order valence-corrected chi connectivity index (χ2v) is 4.35. The minimum atomic E-state index is 0.189. The molecule has 0 spiro atoms. The number of hydrogen-bond donors (Lipinski definition) is 1. The number of hydrogen-bond acceptors (Lipinski definition) is 3. The van der Waals surface area contributed by atoms with Gasteiger partial charge in [0.05, 0.1) is 13.2 Å². The van der Waals surface area contributed by atoms with Crippen molar-refractivity contribution in [1.29, 1.82) is 0 Å². The molecule has 0 aliphatic rings. The largest absolute Gasteiger partial charge is 0.395 e. The lowest BCUT2D eigenvalue weighted by molar-refractivity contribution is 0.126. The standard InChI is InChI=1S/C14H23NO2/c1-12-5-4-6-14(13(12)2)11-15(7-9-16)8-10-17-3/h4-6,16H,7-11H2,1-3H3. The van der Waals surface area contributed by atoms with Crippen LogP contribution in [0.2, 0.25) is 0 Å². The Morgan fingerprint density at radius 1 is 1.24 bits per heavy atom. The van der Waals surface area contributed by atoms with E-state index in [1.165, 1.54) is 16.7 Å². The molecule has 0 radical (unpaired) electrons. The summed E-state index contributed by atoms with van der Waals surface area (Å²) < 4.78 is 5.09. The molecule has 1 aromatic rings. The van der Waals surface area contributed by atoms with E-state index in [9.17, 15) is 0 Å². The fourth-order valence-electron chi connectivity index (χ4n) is 1.86. The monoisotopic (exact) mass is 237 g/mol. The van der Waals surface area contributed by atoms with Crippen molar-refractivity contribution in [3.63, 3.8) is 0 Å². The number of benzene rings is 1. The molecule has 0 atom stereocenters. The predicted octanol–water partition coefficient (Wildman–Crippen LogP) is 1.74. The fraction of sp³-hybridized carbons (Fsp3) is 0.571. The van der Waals surface area contributed by atoms with Crippen LogP contribution >= 0.6 is 0 Å². The summed E-state index contributed by atoms with van der Waals surface area (Å²) in [4.78, 5) is 2.21. The first kappa shape index (κ1) is 14.2. The number of nitrogens with zero attached hydrogens (tertiary/aromatic N) is 1. The zero-order valence-electron chi connectivity index (χ0n) is 11.1. The van der Waals surface area contributed by atoms with E-state index in [1.54, 1.807) is 7.11 Å². The molecule has 0 aliphatic heterocycles. The highest BCUT2D eigenvalue weighted by Crippen LogP contribution is 2.14. The van der Waals surface area contributed by atoms with Gasteiger partial charge in [-0.25, -0.2) is 0 Å². The van der Waals surface area contributed by atoms with Gasteiger partial charge >= 0.3 is 0 Å². The number of aryl methyl sites for hydroxylation is 1. The molecular formula is C14H23NO2. The highest BCUT2D eigenvalue weighted by Gasteiger charge is 2.07. The van der Waals surface area contributed by atoms with Crippen molar-refractivity contribution in [1.82, 2.24) is 4.90 Å². The van der Waals surface area contributed by atoms with Crippen molar-refractivity contribution in [3.8, 4) is 0 Å². The summed E-state index contributed by atoms with van der Waals surface area (Å²) in [5.41, 5.74) is 3.99. The summed E-state index contributed by atoms with van der Waals surface area (Å²) in [6.45, 7) is 7.58. The van der Waals surface area contributed by atoms with Crippen LogP contribution in [0.1, 0.15) is 16.7 Å². The van der Waals surface area contributed by atoms with Crippen LogP contribution in [-0.2, 0) is 11.3 Å². The summed E-state index contributed by atoms with van der Waals surface area (Å²) in [6, 6.07) is 6.37. The molecule has 0 saturated carbocycles. The Hall–Kier alpha value is -0.900. The van der Waals surface area contributed by atoms with Crippen LogP contribution in [0.4, 0.5) is 0 Å². The molecular weight excluding hydrogens is 214 g/mol. The van der Waals surface area contributed by atoms with E-state index < -0.39 is 0 Å². The van der Waals surface area contributed by atoms with E-state index in [4.69, 9.17) is 9.84 Å². The van der Waals surface area contributed by atoms with Crippen molar-refractivity contribution in [3.05, 3.63) is 34.9 Å². The van der Waals surface area contributed by atoms with Crippen LogP contribution in [-0.4, -0.2) is 43.4 Å². The average molecular weight is 237 g/mol. The van der Waals surface area contributed by atoms with Gasteiger partial charge in [0.25, 0.3) is 0 Å². The third kappa shape index (κ3) is 4.46. The smallest absolute Gasteiger partial charge is 0.0589 e. The Kier molecular flexibility index (Phi) is 6.19. The Labute approximate surface area is 104 Å². The maximum atomic E-state index is 9.06. The van der Waals surface area contributed by atoms with Gasteiger partial charge in [0.15, 0.2) is 0 Å². The van der Waals surface area contributed by atoms with Crippen molar-refractivity contribution in [2.24, 2.45) is 0 Å². The third-order valence-corrected chi connectivity index (χ3v) is 3.14. The van der Waals surface area contributed by atoms with Gasteiger partial charge in [0, 0.05) is 26.7 Å². The quantitative estimate of drug-likeness (QED) is 0.784. The number of aliphatic hydroxyl groups is 1. The van der Waals surface area contributed by atoms with Gasteiger partial charge in [-0.2, -0.15) is 0 Å². The molecule has 0 unspecified atom stereocenters. The number of ether oxygens (including phenoxy) is 1. The van der Waals surface area contributed by atoms with Crippen LogP contribution in [0.5, 0.6) is 0 Å². The normalized spacial score (nSPS) is 11.1. The Morgan fingerprint density at radius 2 is 2.00 bits per heavy atom. The van der Waals surface area contributed by atoms with E-state index in [-0.39, 0.29) is 6.61 Å². The molecule has 0 aliphatic carbocycles. The molecule has 3 heteroatoms. The predicted molar refractivity (Wildman–Crippen MR) is 70.2 cm³/mol.